The van der Waals surface area contributed by atoms with Crippen LogP contribution in [0, 0.1) is 0 Å². The van der Waals surface area contributed by atoms with E-state index in [9.17, 15) is 19.0 Å². The van der Waals surface area contributed by atoms with Crippen LogP contribution in [0.25, 0.3) is 11.2 Å². The van der Waals surface area contributed by atoms with Crippen molar-refractivity contribution in [3.63, 3.8) is 0 Å². The molecule has 4 N–H and O–H groups in total. The SMILES string of the molecule is Nc1ncnc2c1ncn2[C@@H]1C[C@H](O)[C@@H](O)C1(F)F. The molecule has 0 saturated heterocycles. The first-order chi connectivity index (χ1) is 8.93. The van der Waals surface area contributed by atoms with Crippen LogP contribution in [0.15, 0.2) is 12.7 Å². The van der Waals surface area contributed by atoms with Crippen LogP contribution in [-0.4, -0.2) is 47.9 Å². The van der Waals surface area contributed by atoms with Crippen LogP contribution >= 0.6 is 0 Å². The summed E-state index contributed by atoms with van der Waals surface area (Å²) in [5.41, 5.74) is 5.95. The molecule has 2 aromatic rings. The zero-order valence-electron chi connectivity index (χ0n) is 9.61. The zero-order valence-corrected chi connectivity index (χ0v) is 9.61. The topological polar surface area (TPSA) is 110 Å². The number of nitrogen functional groups attached to an aromatic ring is 1. The van der Waals surface area contributed by atoms with Gasteiger partial charge >= 0.3 is 0 Å². The lowest BCUT2D eigenvalue weighted by Gasteiger charge is -2.22. The third-order valence-corrected chi connectivity index (χ3v) is 3.39. The monoisotopic (exact) mass is 271 g/mol. The van der Waals surface area contributed by atoms with Gasteiger partial charge in [-0.2, -0.15) is 0 Å². The second-order valence-electron chi connectivity index (χ2n) is 4.52. The summed E-state index contributed by atoms with van der Waals surface area (Å²) in [6.45, 7) is 0. The molecule has 1 aliphatic carbocycles. The normalized spacial score (nSPS) is 30.0. The first-order valence-electron chi connectivity index (χ1n) is 5.60. The van der Waals surface area contributed by atoms with E-state index in [4.69, 9.17) is 5.73 Å². The lowest BCUT2D eigenvalue weighted by molar-refractivity contribution is -0.129. The fourth-order valence-electron chi connectivity index (χ4n) is 2.37. The minimum absolute atomic E-state index is 0.0890. The minimum atomic E-state index is -3.47. The number of aromatic nitrogens is 4. The molecule has 2 aromatic heterocycles. The highest BCUT2D eigenvalue weighted by Gasteiger charge is 2.57. The van der Waals surface area contributed by atoms with Crippen molar-refractivity contribution in [2.75, 3.05) is 5.73 Å². The summed E-state index contributed by atoms with van der Waals surface area (Å²) in [5.74, 6) is -3.38. The zero-order chi connectivity index (χ0) is 13.8. The molecule has 3 atom stereocenters. The Kier molecular flexibility index (Phi) is 2.44. The molecule has 1 saturated carbocycles. The highest BCUT2D eigenvalue weighted by atomic mass is 19.3. The molecule has 0 spiro atoms. The molecule has 2 heterocycles. The van der Waals surface area contributed by atoms with E-state index in [1.54, 1.807) is 0 Å². The predicted octanol–water partition coefficient (Wildman–Crippen LogP) is -0.290. The predicted molar refractivity (Wildman–Crippen MR) is 60.4 cm³/mol. The lowest BCUT2D eigenvalue weighted by Crippen LogP contribution is -2.38. The molecule has 102 valence electrons. The number of imidazole rings is 1. The first kappa shape index (κ1) is 12.2. The highest BCUT2D eigenvalue weighted by Crippen LogP contribution is 2.44. The summed E-state index contributed by atoms with van der Waals surface area (Å²) in [6, 6.07) is -1.42. The number of alkyl halides is 2. The van der Waals surface area contributed by atoms with Crippen molar-refractivity contribution in [1.82, 2.24) is 19.5 Å². The number of nitrogens with two attached hydrogens (primary N) is 1. The third-order valence-electron chi connectivity index (χ3n) is 3.39. The van der Waals surface area contributed by atoms with Crippen LogP contribution in [0.5, 0.6) is 0 Å². The van der Waals surface area contributed by atoms with Crippen LogP contribution in [0.2, 0.25) is 0 Å². The lowest BCUT2D eigenvalue weighted by atomic mass is 10.2. The van der Waals surface area contributed by atoms with Gasteiger partial charge in [-0.25, -0.2) is 23.7 Å². The average Bonchev–Trinajstić information content (AvgIpc) is 2.86. The van der Waals surface area contributed by atoms with Crippen LogP contribution in [-0.2, 0) is 0 Å². The van der Waals surface area contributed by atoms with Gasteiger partial charge < -0.3 is 20.5 Å². The Bertz CT molecular complexity index is 631. The molecular weight excluding hydrogens is 260 g/mol. The quantitative estimate of drug-likeness (QED) is 0.657. The third kappa shape index (κ3) is 1.58. The summed E-state index contributed by atoms with van der Waals surface area (Å²) < 4.78 is 28.9. The van der Waals surface area contributed by atoms with E-state index in [0.29, 0.717) is 0 Å². The van der Waals surface area contributed by atoms with Crippen molar-refractivity contribution in [1.29, 1.82) is 0 Å². The van der Waals surface area contributed by atoms with Gasteiger partial charge in [0, 0.05) is 6.42 Å². The average molecular weight is 271 g/mol. The Morgan fingerprint density at radius 3 is 2.68 bits per heavy atom. The molecule has 7 nitrogen and oxygen atoms in total. The fourth-order valence-corrected chi connectivity index (χ4v) is 2.37. The van der Waals surface area contributed by atoms with E-state index in [1.807, 2.05) is 0 Å². The van der Waals surface area contributed by atoms with E-state index in [2.05, 4.69) is 15.0 Å². The van der Waals surface area contributed by atoms with Crippen molar-refractivity contribution in [2.24, 2.45) is 0 Å². The van der Waals surface area contributed by atoms with Crippen LogP contribution in [0.3, 0.4) is 0 Å². The van der Waals surface area contributed by atoms with E-state index >= 15 is 0 Å². The van der Waals surface area contributed by atoms with Crippen molar-refractivity contribution in [3.8, 4) is 0 Å². The molecule has 0 radical (unpaired) electrons. The summed E-state index contributed by atoms with van der Waals surface area (Å²) >= 11 is 0. The van der Waals surface area contributed by atoms with Crippen molar-refractivity contribution < 1.29 is 19.0 Å². The number of anilines is 1. The standard InChI is InChI=1S/C10H11F2N5O2/c11-10(12)5(1-4(18)7(10)19)17-3-16-6-8(13)14-2-15-9(6)17/h2-5,7,18-19H,1H2,(H2,13,14,15)/t4-,5+,7+/m0/s1. The number of fused-ring (bicyclic) bond motifs is 1. The summed E-state index contributed by atoms with van der Waals surface area (Å²) in [7, 11) is 0. The fraction of sp³-hybridized carbons (Fsp3) is 0.500. The molecule has 0 amide bonds. The number of halogens is 2. The van der Waals surface area contributed by atoms with Gasteiger partial charge in [0.05, 0.1) is 12.4 Å². The maximum absolute atomic E-state index is 13.9. The van der Waals surface area contributed by atoms with Crippen LogP contribution < -0.4 is 5.73 Å². The van der Waals surface area contributed by atoms with Gasteiger partial charge in [-0.1, -0.05) is 0 Å². The van der Waals surface area contributed by atoms with Gasteiger partial charge in [0.25, 0.3) is 5.92 Å². The second-order valence-corrected chi connectivity index (χ2v) is 4.52. The Morgan fingerprint density at radius 2 is 2.05 bits per heavy atom. The Balaban J connectivity index is 2.13. The number of hydrogen-bond donors (Lipinski definition) is 3. The van der Waals surface area contributed by atoms with Crippen molar-refractivity contribution in [3.05, 3.63) is 12.7 Å². The first-order valence-corrected chi connectivity index (χ1v) is 5.60. The van der Waals surface area contributed by atoms with E-state index in [-0.39, 0.29) is 23.4 Å². The Hall–Kier alpha value is -1.87. The largest absolute Gasteiger partial charge is 0.390 e. The summed E-state index contributed by atoms with van der Waals surface area (Å²) in [6.07, 6.45) is -1.57. The number of rotatable bonds is 1. The molecule has 19 heavy (non-hydrogen) atoms. The van der Waals surface area contributed by atoms with Gasteiger partial charge in [-0.05, 0) is 0 Å². The number of nitrogens with zero attached hydrogens (tertiary/aromatic N) is 4. The van der Waals surface area contributed by atoms with Crippen LogP contribution in [0.1, 0.15) is 12.5 Å². The molecule has 1 aliphatic rings. The van der Waals surface area contributed by atoms with Gasteiger partial charge in [-0.15, -0.1) is 0 Å². The van der Waals surface area contributed by atoms with E-state index in [1.165, 1.54) is 6.33 Å². The van der Waals surface area contributed by atoms with Gasteiger partial charge in [0.15, 0.2) is 11.5 Å². The number of aliphatic hydroxyl groups is 2. The van der Waals surface area contributed by atoms with Gasteiger partial charge in [0.2, 0.25) is 0 Å². The molecule has 0 aliphatic heterocycles. The molecular formula is C10H11F2N5O2. The Morgan fingerprint density at radius 1 is 1.32 bits per heavy atom. The summed E-state index contributed by atoms with van der Waals surface area (Å²) in [4.78, 5) is 11.5. The van der Waals surface area contributed by atoms with E-state index in [0.717, 1.165) is 10.9 Å². The Labute approximate surface area is 105 Å². The van der Waals surface area contributed by atoms with Gasteiger partial charge in [-0.3, -0.25) is 0 Å². The maximum atomic E-state index is 13.9. The molecule has 0 aromatic carbocycles. The number of hydrogen-bond acceptors (Lipinski definition) is 6. The van der Waals surface area contributed by atoms with Crippen molar-refractivity contribution in [2.45, 2.75) is 30.6 Å². The molecule has 9 heteroatoms. The van der Waals surface area contributed by atoms with E-state index < -0.39 is 24.2 Å². The summed E-state index contributed by atoms with van der Waals surface area (Å²) in [5, 5.41) is 18.7. The minimum Gasteiger partial charge on any atom is -0.390 e. The molecule has 0 unspecified atom stereocenters. The van der Waals surface area contributed by atoms with Crippen LogP contribution in [0.4, 0.5) is 14.6 Å². The second kappa shape index (κ2) is 3.81. The molecule has 3 rings (SSSR count). The number of aliphatic hydroxyl groups excluding tert-OH is 2. The smallest absolute Gasteiger partial charge is 0.296 e. The highest BCUT2D eigenvalue weighted by molar-refractivity contribution is 5.81. The molecule has 1 fully saturated rings. The maximum Gasteiger partial charge on any atom is 0.296 e. The van der Waals surface area contributed by atoms with Crippen molar-refractivity contribution >= 4 is 17.0 Å². The molecule has 0 bridgehead atoms. The van der Waals surface area contributed by atoms with Gasteiger partial charge in [0.1, 0.15) is 24.0 Å².